The van der Waals surface area contributed by atoms with Gasteiger partial charge in [0.25, 0.3) is 5.91 Å². The van der Waals surface area contributed by atoms with E-state index in [1.54, 1.807) is 17.0 Å². The van der Waals surface area contributed by atoms with E-state index >= 15 is 0 Å². The molecular weight excluding hydrogens is 346 g/mol. The largest absolute Gasteiger partial charge is 0.378 e. The smallest absolute Gasteiger partial charge is 0.252 e. The summed E-state index contributed by atoms with van der Waals surface area (Å²) >= 11 is 0. The first-order valence-electron chi connectivity index (χ1n) is 8.68. The van der Waals surface area contributed by atoms with Crippen LogP contribution in [0.2, 0.25) is 0 Å². The summed E-state index contributed by atoms with van der Waals surface area (Å²) in [5.41, 5.74) is 6.58. The summed E-state index contributed by atoms with van der Waals surface area (Å²) in [6.07, 6.45) is 0. The Kier molecular flexibility index (Phi) is 5.83. The van der Waals surface area contributed by atoms with Gasteiger partial charge in [-0.05, 0) is 29.8 Å². The second-order valence-corrected chi connectivity index (χ2v) is 6.20. The number of nitrogens with two attached hydrogens (primary N) is 1. The summed E-state index contributed by atoms with van der Waals surface area (Å²) in [5.74, 6) is -1.14. The van der Waals surface area contributed by atoms with E-state index in [2.05, 4.69) is 5.32 Å². The predicted octanol–water partition coefficient (Wildman–Crippen LogP) is 1.12. The summed E-state index contributed by atoms with van der Waals surface area (Å²) in [6.45, 7) is 1.95. The van der Waals surface area contributed by atoms with Gasteiger partial charge in [0.2, 0.25) is 11.8 Å². The van der Waals surface area contributed by atoms with Gasteiger partial charge in [-0.1, -0.05) is 30.3 Å². The maximum Gasteiger partial charge on any atom is 0.252 e. The Labute approximate surface area is 157 Å². The molecular formula is C20H21N3O4. The van der Waals surface area contributed by atoms with Crippen LogP contribution in [0.15, 0.2) is 54.6 Å². The van der Waals surface area contributed by atoms with Crippen LogP contribution in [0.5, 0.6) is 0 Å². The molecule has 2 aromatic rings. The maximum atomic E-state index is 13.0. The molecule has 1 atom stereocenters. The summed E-state index contributed by atoms with van der Waals surface area (Å²) in [6, 6.07) is 14.3. The van der Waals surface area contributed by atoms with Gasteiger partial charge in [0.15, 0.2) is 0 Å². The number of benzene rings is 2. The summed E-state index contributed by atoms with van der Waals surface area (Å²) in [4.78, 5) is 38.5. The van der Waals surface area contributed by atoms with Crippen LogP contribution in [0, 0.1) is 0 Å². The van der Waals surface area contributed by atoms with Crippen molar-refractivity contribution in [1.82, 2.24) is 10.2 Å². The molecule has 3 rings (SSSR count). The Morgan fingerprint density at radius 2 is 1.52 bits per heavy atom. The van der Waals surface area contributed by atoms with Crippen LogP contribution >= 0.6 is 0 Å². The molecule has 0 aliphatic carbocycles. The molecule has 140 valence electrons. The SMILES string of the molecule is NC(=O)c1ccc(C(=O)NC(C(=O)N2CCOCC2)c2ccccc2)cc1. The van der Waals surface area contributed by atoms with E-state index in [4.69, 9.17) is 10.5 Å². The number of hydrogen-bond donors (Lipinski definition) is 2. The average molecular weight is 367 g/mol. The average Bonchev–Trinajstić information content (AvgIpc) is 2.72. The van der Waals surface area contributed by atoms with Gasteiger partial charge in [0, 0.05) is 24.2 Å². The second kappa shape index (κ2) is 8.46. The van der Waals surface area contributed by atoms with Crippen molar-refractivity contribution in [3.05, 3.63) is 71.3 Å². The monoisotopic (exact) mass is 367 g/mol. The van der Waals surface area contributed by atoms with Gasteiger partial charge in [-0.3, -0.25) is 14.4 Å². The molecule has 3 amide bonds. The van der Waals surface area contributed by atoms with Gasteiger partial charge in [0.1, 0.15) is 6.04 Å². The predicted molar refractivity (Wildman–Crippen MR) is 99.0 cm³/mol. The van der Waals surface area contributed by atoms with E-state index in [9.17, 15) is 14.4 Å². The zero-order chi connectivity index (χ0) is 19.2. The van der Waals surface area contributed by atoms with E-state index < -0.39 is 17.9 Å². The molecule has 1 fully saturated rings. The third-order valence-electron chi connectivity index (χ3n) is 4.41. The summed E-state index contributed by atoms with van der Waals surface area (Å²) < 4.78 is 5.30. The van der Waals surface area contributed by atoms with E-state index in [1.807, 2.05) is 18.2 Å². The normalized spacial score (nSPS) is 15.0. The highest BCUT2D eigenvalue weighted by atomic mass is 16.5. The quantitative estimate of drug-likeness (QED) is 0.827. The maximum absolute atomic E-state index is 13.0. The lowest BCUT2D eigenvalue weighted by Crippen LogP contribution is -2.47. The topological polar surface area (TPSA) is 102 Å². The van der Waals surface area contributed by atoms with Gasteiger partial charge in [0.05, 0.1) is 13.2 Å². The standard InChI is InChI=1S/C20H21N3O4/c21-18(24)15-6-8-16(9-7-15)19(25)22-17(14-4-2-1-3-5-14)20(26)23-10-12-27-13-11-23/h1-9,17H,10-13H2,(H2,21,24)(H,22,25). The highest BCUT2D eigenvalue weighted by Crippen LogP contribution is 2.18. The molecule has 0 aromatic heterocycles. The van der Waals surface area contributed by atoms with Crippen molar-refractivity contribution in [2.24, 2.45) is 5.73 Å². The van der Waals surface area contributed by atoms with Gasteiger partial charge >= 0.3 is 0 Å². The van der Waals surface area contributed by atoms with Crippen molar-refractivity contribution in [2.45, 2.75) is 6.04 Å². The number of rotatable bonds is 5. The number of primary amides is 1. The van der Waals surface area contributed by atoms with E-state index in [0.717, 1.165) is 0 Å². The van der Waals surface area contributed by atoms with Crippen LogP contribution in [0.25, 0.3) is 0 Å². The molecule has 0 radical (unpaired) electrons. The lowest BCUT2D eigenvalue weighted by molar-refractivity contribution is -0.137. The number of nitrogens with zero attached hydrogens (tertiary/aromatic N) is 1. The van der Waals surface area contributed by atoms with Crippen LogP contribution in [-0.2, 0) is 9.53 Å². The third kappa shape index (κ3) is 4.51. The molecule has 0 saturated carbocycles. The third-order valence-corrected chi connectivity index (χ3v) is 4.41. The molecule has 27 heavy (non-hydrogen) atoms. The molecule has 0 bridgehead atoms. The highest BCUT2D eigenvalue weighted by Gasteiger charge is 2.28. The first-order chi connectivity index (χ1) is 13.1. The molecule has 1 aliphatic rings. The molecule has 3 N–H and O–H groups in total. The van der Waals surface area contributed by atoms with Gasteiger partial charge in [-0.25, -0.2) is 0 Å². The number of nitrogens with one attached hydrogen (secondary N) is 1. The van der Waals surface area contributed by atoms with E-state index in [1.165, 1.54) is 24.3 Å². The zero-order valence-electron chi connectivity index (χ0n) is 14.8. The Morgan fingerprint density at radius 1 is 0.926 bits per heavy atom. The Balaban J connectivity index is 1.81. The fourth-order valence-corrected chi connectivity index (χ4v) is 2.90. The van der Waals surface area contributed by atoms with Crippen molar-refractivity contribution >= 4 is 17.7 Å². The van der Waals surface area contributed by atoms with Gasteiger partial charge in [-0.15, -0.1) is 0 Å². The van der Waals surface area contributed by atoms with Crippen molar-refractivity contribution in [1.29, 1.82) is 0 Å². The zero-order valence-corrected chi connectivity index (χ0v) is 14.8. The Hall–Kier alpha value is -3.19. The fourth-order valence-electron chi connectivity index (χ4n) is 2.90. The summed E-state index contributed by atoms with van der Waals surface area (Å²) in [7, 11) is 0. The van der Waals surface area contributed by atoms with Crippen molar-refractivity contribution in [3.8, 4) is 0 Å². The Bertz CT molecular complexity index is 815. The molecule has 7 heteroatoms. The van der Waals surface area contributed by atoms with E-state index in [0.29, 0.717) is 43.0 Å². The first kappa shape index (κ1) is 18.6. The molecule has 1 saturated heterocycles. The Morgan fingerprint density at radius 3 is 2.11 bits per heavy atom. The van der Waals surface area contributed by atoms with Crippen LogP contribution in [0.4, 0.5) is 0 Å². The number of morpholine rings is 1. The molecule has 0 spiro atoms. The lowest BCUT2D eigenvalue weighted by Gasteiger charge is -2.31. The van der Waals surface area contributed by atoms with Crippen LogP contribution < -0.4 is 11.1 Å². The van der Waals surface area contributed by atoms with Crippen LogP contribution in [0.1, 0.15) is 32.3 Å². The number of amides is 3. The van der Waals surface area contributed by atoms with Crippen molar-refractivity contribution in [2.75, 3.05) is 26.3 Å². The van der Waals surface area contributed by atoms with Crippen LogP contribution in [0.3, 0.4) is 0 Å². The first-order valence-corrected chi connectivity index (χ1v) is 8.68. The number of carbonyl (C=O) groups excluding carboxylic acids is 3. The minimum absolute atomic E-state index is 0.174. The van der Waals surface area contributed by atoms with E-state index in [-0.39, 0.29) is 5.91 Å². The van der Waals surface area contributed by atoms with Gasteiger partial charge in [-0.2, -0.15) is 0 Å². The molecule has 1 unspecified atom stereocenters. The molecule has 1 aliphatic heterocycles. The number of carbonyl (C=O) groups is 3. The summed E-state index contributed by atoms with van der Waals surface area (Å²) in [5, 5.41) is 2.81. The molecule has 2 aromatic carbocycles. The molecule has 7 nitrogen and oxygen atoms in total. The van der Waals surface area contributed by atoms with Crippen molar-refractivity contribution in [3.63, 3.8) is 0 Å². The van der Waals surface area contributed by atoms with Gasteiger partial charge < -0.3 is 20.7 Å². The number of hydrogen-bond acceptors (Lipinski definition) is 4. The minimum atomic E-state index is -0.799. The molecule has 1 heterocycles. The minimum Gasteiger partial charge on any atom is -0.378 e. The van der Waals surface area contributed by atoms with Crippen molar-refractivity contribution < 1.29 is 19.1 Å². The fraction of sp³-hybridized carbons (Fsp3) is 0.250. The lowest BCUT2D eigenvalue weighted by atomic mass is 10.0. The highest BCUT2D eigenvalue weighted by molar-refractivity contribution is 5.99. The number of ether oxygens (including phenoxy) is 1. The van der Waals surface area contributed by atoms with Crippen LogP contribution in [-0.4, -0.2) is 48.9 Å². The second-order valence-electron chi connectivity index (χ2n) is 6.20.